The van der Waals surface area contributed by atoms with E-state index in [4.69, 9.17) is 5.73 Å². The Balaban J connectivity index is 1.97. The summed E-state index contributed by atoms with van der Waals surface area (Å²) in [5.74, 6) is 6.12. The fourth-order valence-corrected chi connectivity index (χ4v) is 3.48. The van der Waals surface area contributed by atoms with Crippen LogP contribution in [-0.4, -0.2) is 48.6 Å². The molecule has 104 valence electrons. The molecule has 2 heterocycles. The summed E-state index contributed by atoms with van der Waals surface area (Å²) in [6, 6.07) is 2.76. The lowest BCUT2D eigenvalue weighted by molar-refractivity contribution is 0.0840. The summed E-state index contributed by atoms with van der Waals surface area (Å²) in [5.41, 5.74) is 6.60. The van der Waals surface area contributed by atoms with Gasteiger partial charge in [0.25, 0.3) is 0 Å². The third-order valence-corrected chi connectivity index (χ3v) is 4.60. The number of hydrogen-bond donors (Lipinski definition) is 1. The molecular formula is C15H23N3S. The van der Waals surface area contributed by atoms with Crippen LogP contribution in [0.2, 0.25) is 0 Å². The molecule has 19 heavy (non-hydrogen) atoms. The zero-order valence-corrected chi connectivity index (χ0v) is 12.7. The summed E-state index contributed by atoms with van der Waals surface area (Å²) in [6.07, 6.45) is 0. The Bertz CT molecular complexity index is 457. The van der Waals surface area contributed by atoms with E-state index >= 15 is 0 Å². The molecule has 0 aliphatic carbocycles. The highest BCUT2D eigenvalue weighted by molar-refractivity contribution is 7.10. The third kappa shape index (κ3) is 3.80. The molecule has 0 bridgehead atoms. The Morgan fingerprint density at radius 1 is 1.47 bits per heavy atom. The van der Waals surface area contributed by atoms with Gasteiger partial charge in [-0.1, -0.05) is 18.8 Å². The Morgan fingerprint density at radius 3 is 3.00 bits per heavy atom. The van der Waals surface area contributed by atoms with E-state index < -0.39 is 0 Å². The largest absolute Gasteiger partial charge is 0.320 e. The van der Waals surface area contributed by atoms with Crippen molar-refractivity contribution >= 4 is 11.3 Å². The molecule has 1 unspecified atom stereocenters. The molecule has 1 saturated heterocycles. The van der Waals surface area contributed by atoms with Gasteiger partial charge in [-0.05, 0) is 24.9 Å². The van der Waals surface area contributed by atoms with Crippen LogP contribution in [0.5, 0.6) is 0 Å². The highest BCUT2D eigenvalue weighted by Gasteiger charge is 2.22. The SMILES string of the molecule is CCN1CCN(Cc2sccc2C#CCN)CC1C. The summed E-state index contributed by atoms with van der Waals surface area (Å²) >= 11 is 1.80. The van der Waals surface area contributed by atoms with Gasteiger partial charge in [0.15, 0.2) is 0 Å². The first kappa shape index (κ1) is 14.5. The molecule has 1 fully saturated rings. The molecule has 4 heteroatoms. The van der Waals surface area contributed by atoms with Crippen LogP contribution in [0.4, 0.5) is 0 Å². The molecule has 0 saturated carbocycles. The minimum Gasteiger partial charge on any atom is -0.320 e. The average molecular weight is 277 g/mol. The van der Waals surface area contributed by atoms with Crippen molar-refractivity contribution in [3.8, 4) is 11.8 Å². The van der Waals surface area contributed by atoms with Gasteiger partial charge in [-0.3, -0.25) is 9.80 Å². The molecule has 0 spiro atoms. The number of hydrogen-bond acceptors (Lipinski definition) is 4. The van der Waals surface area contributed by atoms with E-state index in [0.717, 1.165) is 31.7 Å². The van der Waals surface area contributed by atoms with Gasteiger partial charge in [0.05, 0.1) is 6.54 Å². The van der Waals surface area contributed by atoms with E-state index in [0.29, 0.717) is 12.6 Å². The summed E-state index contributed by atoms with van der Waals surface area (Å²) < 4.78 is 0. The molecule has 1 aliphatic heterocycles. The summed E-state index contributed by atoms with van der Waals surface area (Å²) in [6.45, 7) is 10.6. The molecule has 0 aromatic carbocycles. The lowest BCUT2D eigenvalue weighted by Gasteiger charge is -2.39. The van der Waals surface area contributed by atoms with Crippen LogP contribution in [0.1, 0.15) is 24.3 Å². The third-order valence-electron chi connectivity index (χ3n) is 3.69. The van der Waals surface area contributed by atoms with Gasteiger partial charge in [0.2, 0.25) is 0 Å². The van der Waals surface area contributed by atoms with Crippen molar-refractivity contribution in [3.05, 3.63) is 21.9 Å². The lowest BCUT2D eigenvalue weighted by Crippen LogP contribution is -2.51. The van der Waals surface area contributed by atoms with Crippen molar-refractivity contribution in [2.24, 2.45) is 5.73 Å². The zero-order chi connectivity index (χ0) is 13.7. The predicted octanol–water partition coefficient (Wildman–Crippen LogP) is 1.58. The number of likely N-dealkylation sites (N-methyl/N-ethyl adjacent to an activating group) is 1. The highest BCUT2D eigenvalue weighted by Crippen LogP contribution is 2.20. The maximum atomic E-state index is 5.44. The molecule has 1 atom stereocenters. The number of nitrogens with two attached hydrogens (primary N) is 1. The first-order chi connectivity index (χ1) is 9.24. The minimum absolute atomic E-state index is 0.432. The zero-order valence-electron chi connectivity index (χ0n) is 11.9. The summed E-state index contributed by atoms with van der Waals surface area (Å²) in [7, 11) is 0. The molecule has 2 N–H and O–H groups in total. The van der Waals surface area contributed by atoms with Crippen LogP contribution in [0.3, 0.4) is 0 Å². The van der Waals surface area contributed by atoms with Crippen LogP contribution < -0.4 is 5.73 Å². The van der Waals surface area contributed by atoms with Crippen molar-refractivity contribution in [2.45, 2.75) is 26.4 Å². The fraction of sp³-hybridized carbons (Fsp3) is 0.600. The minimum atomic E-state index is 0.432. The molecule has 1 aliphatic rings. The smallest absolute Gasteiger partial charge is 0.0555 e. The van der Waals surface area contributed by atoms with Crippen LogP contribution in [0.15, 0.2) is 11.4 Å². The molecule has 1 aromatic heterocycles. The second-order valence-electron chi connectivity index (χ2n) is 4.98. The monoisotopic (exact) mass is 277 g/mol. The topological polar surface area (TPSA) is 32.5 Å². The summed E-state index contributed by atoms with van der Waals surface area (Å²) in [4.78, 5) is 6.45. The molecule has 3 nitrogen and oxygen atoms in total. The Kier molecular flexibility index (Phi) is 5.41. The normalized spacial score (nSPS) is 21.1. The molecule has 1 aromatic rings. The van der Waals surface area contributed by atoms with Gasteiger partial charge >= 0.3 is 0 Å². The second-order valence-corrected chi connectivity index (χ2v) is 5.98. The number of piperazine rings is 1. The van der Waals surface area contributed by atoms with Gasteiger partial charge in [-0.2, -0.15) is 0 Å². The lowest BCUT2D eigenvalue weighted by atomic mass is 10.1. The van der Waals surface area contributed by atoms with E-state index in [1.54, 1.807) is 11.3 Å². The highest BCUT2D eigenvalue weighted by atomic mass is 32.1. The first-order valence-corrected chi connectivity index (χ1v) is 7.84. The van der Waals surface area contributed by atoms with Crippen molar-refractivity contribution in [2.75, 3.05) is 32.7 Å². The van der Waals surface area contributed by atoms with Crippen molar-refractivity contribution in [3.63, 3.8) is 0 Å². The molecule has 0 radical (unpaired) electrons. The number of thiophene rings is 1. The van der Waals surface area contributed by atoms with Crippen molar-refractivity contribution in [1.29, 1.82) is 0 Å². The number of rotatable bonds is 3. The van der Waals surface area contributed by atoms with Crippen molar-refractivity contribution < 1.29 is 0 Å². The fourth-order valence-electron chi connectivity index (χ4n) is 2.61. The van der Waals surface area contributed by atoms with Crippen LogP contribution in [0, 0.1) is 11.8 Å². The van der Waals surface area contributed by atoms with Crippen molar-refractivity contribution in [1.82, 2.24) is 9.80 Å². The van der Waals surface area contributed by atoms with E-state index in [1.807, 2.05) is 0 Å². The van der Waals surface area contributed by atoms with Gasteiger partial charge in [-0.25, -0.2) is 0 Å². The summed E-state index contributed by atoms with van der Waals surface area (Å²) in [5, 5.41) is 2.13. The maximum Gasteiger partial charge on any atom is 0.0555 e. The predicted molar refractivity (Wildman–Crippen MR) is 82.2 cm³/mol. The van der Waals surface area contributed by atoms with Gasteiger partial charge < -0.3 is 5.73 Å². The van der Waals surface area contributed by atoms with E-state index in [1.165, 1.54) is 11.4 Å². The number of nitrogens with zero attached hydrogens (tertiary/aromatic N) is 2. The van der Waals surface area contributed by atoms with Gasteiger partial charge in [0, 0.05) is 42.7 Å². The quantitative estimate of drug-likeness (QED) is 0.852. The Hall–Kier alpha value is -0.860. The standard InChI is InChI=1S/C15H23N3S/c1-3-18-9-8-17(11-13(18)2)12-15-14(5-4-7-16)6-10-19-15/h6,10,13H,3,7-9,11-12,16H2,1-2H3. The van der Waals surface area contributed by atoms with Crippen LogP contribution >= 0.6 is 11.3 Å². The second kappa shape index (κ2) is 7.06. The van der Waals surface area contributed by atoms with Crippen LogP contribution in [-0.2, 0) is 6.54 Å². The molecule has 2 rings (SSSR count). The molecule has 0 amide bonds. The van der Waals surface area contributed by atoms with Crippen LogP contribution in [0.25, 0.3) is 0 Å². The van der Waals surface area contributed by atoms with E-state index in [2.05, 4.69) is 46.9 Å². The molecular weight excluding hydrogens is 254 g/mol. The van der Waals surface area contributed by atoms with Gasteiger partial charge in [-0.15, -0.1) is 11.3 Å². The Labute approximate surface area is 120 Å². The maximum absolute atomic E-state index is 5.44. The van der Waals surface area contributed by atoms with Gasteiger partial charge in [0.1, 0.15) is 0 Å². The first-order valence-electron chi connectivity index (χ1n) is 6.96. The van der Waals surface area contributed by atoms with E-state index in [-0.39, 0.29) is 0 Å². The average Bonchev–Trinajstić information content (AvgIpc) is 2.84. The van der Waals surface area contributed by atoms with E-state index in [9.17, 15) is 0 Å². The Morgan fingerprint density at radius 2 is 2.32 bits per heavy atom.